The fraction of sp³-hybridized carbons (Fsp3) is 0.600. The lowest BCUT2D eigenvalue weighted by molar-refractivity contribution is -0.530. The molecule has 1 aliphatic rings. The molecular formula is C40H54N2O20. The highest BCUT2D eigenvalue weighted by molar-refractivity contribution is 5.84. The van der Waals surface area contributed by atoms with E-state index < -0.39 is 128 Å². The van der Waals surface area contributed by atoms with Crippen LogP contribution in [0.1, 0.15) is 87.3 Å². The van der Waals surface area contributed by atoms with E-state index in [4.69, 9.17) is 47.4 Å². The summed E-state index contributed by atoms with van der Waals surface area (Å²) >= 11 is 0. The molecule has 1 saturated heterocycles. The van der Waals surface area contributed by atoms with E-state index in [-0.39, 0.29) is 6.54 Å². The molecule has 2 rings (SSSR count). The monoisotopic (exact) mass is 882 g/mol. The number of hydrogen-bond donors (Lipinski definition) is 1. The molecule has 1 fully saturated rings. The van der Waals surface area contributed by atoms with Gasteiger partial charge in [0.15, 0.2) is 48.6 Å². The van der Waals surface area contributed by atoms with Gasteiger partial charge >= 0.3 is 47.8 Å². The van der Waals surface area contributed by atoms with Gasteiger partial charge in [0.2, 0.25) is 6.10 Å². The highest BCUT2D eigenvalue weighted by Gasteiger charge is 2.56. The Kier molecular flexibility index (Phi) is 19.9. The molecule has 0 aliphatic carbocycles. The third-order valence-corrected chi connectivity index (χ3v) is 8.22. The molecule has 62 heavy (non-hydrogen) atoms. The molecule has 0 unspecified atom stereocenters. The Morgan fingerprint density at radius 3 is 1.68 bits per heavy atom. The van der Waals surface area contributed by atoms with Gasteiger partial charge in [0, 0.05) is 88.3 Å². The Balaban J connectivity index is 2.83. The maximum atomic E-state index is 14.1. The molecule has 9 atom stereocenters. The zero-order chi connectivity index (χ0) is 47.1. The first-order chi connectivity index (χ1) is 28.8. The van der Waals surface area contributed by atoms with E-state index in [2.05, 4.69) is 5.32 Å². The lowest BCUT2D eigenvalue weighted by Gasteiger charge is -2.46. The summed E-state index contributed by atoms with van der Waals surface area (Å²) in [6.07, 6.45) is -15.8. The van der Waals surface area contributed by atoms with Crippen LogP contribution in [0.15, 0.2) is 24.3 Å². The third-order valence-electron chi connectivity index (χ3n) is 8.22. The number of ether oxygens (including phenoxy) is 10. The van der Waals surface area contributed by atoms with Crippen LogP contribution in [-0.2, 0) is 97.1 Å². The number of carbonyl (C=O) groups is 9. The molecule has 22 nitrogen and oxygen atoms in total. The molecule has 344 valence electrons. The van der Waals surface area contributed by atoms with Gasteiger partial charge in [0.25, 0.3) is 5.91 Å². The Morgan fingerprint density at radius 2 is 1.19 bits per heavy atom. The van der Waals surface area contributed by atoms with Crippen LogP contribution >= 0.6 is 0 Å². The molecule has 1 aromatic rings. The van der Waals surface area contributed by atoms with Crippen molar-refractivity contribution in [3.63, 3.8) is 0 Å². The fourth-order valence-electron chi connectivity index (χ4n) is 5.72. The Bertz CT molecular complexity index is 1820. The number of amides is 1. The van der Waals surface area contributed by atoms with Gasteiger partial charge in [-0.15, -0.1) is 0 Å². The van der Waals surface area contributed by atoms with Gasteiger partial charge in [0.05, 0.1) is 0 Å². The molecular weight excluding hydrogens is 828 g/mol. The maximum Gasteiger partial charge on any atom is 0.303 e. The van der Waals surface area contributed by atoms with Gasteiger partial charge in [0.1, 0.15) is 25.4 Å². The first-order valence-corrected chi connectivity index (χ1v) is 19.1. The lowest BCUT2D eigenvalue weighted by atomic mass is 9.97. The van der Waals surface area contributed by atoms with E-state index in [0.717, 1.165) is 60.1 Å². The van der Waals surface area contributed by atoms with Crippen molar-refractivity contribution in [2.24, 2.45) is 0 Å². The molecule has 1 N–H and O–H groups in total. The first-order valence-electron chi connectivity index (χ1n) is 19.1. The molecule has 0 bridgehead atoms. The molecule has 22 heteroatoms. The zero-order valence-electron chi connectivity index (χ0n) is 36.3. The molecule has 0 spiro atoms. The van der Waals surface area contributed by atoms with E-state index in [1.54, 1.807) is 45.0 Å². The normalized spacial score (nSPS) is 20.7. The number of nitrogens with one attached hydrogen (secondary N) is 1. The highest BCUT2D eigenvalue weighted by Crippen LogP contribution is 2.33. The summed E-state index contributed by atoms with van der Waals surface area (Å²) < 4.78 is 56.1. The number of carbonyl (C=O) groups excluding carboxylic acids is 9. The summed E-state index contributed by atoms with van der Waals surface area (Å²) in [5.74, 6) is -9.03. The highest BCUT2D eigenvalue weighted by atomic mass is 16.8. The molecule has 1 heterocycles. The number of esters is 8. The quantitative estimate of drug-likeness (QED) is 0.0503. The molecule has 0 radical (unpaired) electrons. The van der Waals surface area contributed by atoms with Crippen molar-refractivity contribution in [2.45, 2.75) is 143 Å². The summed E-state index contributed by atoms with van der Waals surface area (Å²) in [5, 5.41) is 15.0. The molecule has 0 aromatic heterocycles. The minimum Gasteiger partial charge on any atom is -0.623 e. The average Bonchev–Trinajstić information content (AvgIpc) is 3.13. The van der Waals surface area contributed by atoms with Crippen molar-refractivity contribution in [3.05, 3.63) is 40.6 Å². The lowest BCUT2D eigenvalue weighted by Crippen LogP contribution is -2.65. The summed E-state index contributed by atoms with van der Waals surface area (Å²) in [6.45, 7) is 11.2. The van der Waals surface area contributed by atoms with Gasteiger partial charge in [-0.25, -0.2) is 4.74 Å². The second-order valence-corrected chi connectivity index (χ2v) is 14.8. The van der Waals surface area contributed by atoms with E-state index in [1.807, 2.05) is 0 Å². The number of rotatable bonds is 19. The number of nitrogens with zero attached hydrogens (tertiary/aromatic N) is 1. The van der Waals surface area contributed by atoms with Crippen molar-refractivity contribution < 1.29 is 95.3 Å². The van der Waals surface area contributed by atoms with Crippen molar-refractivity contribution in [1.82, 2.24) is 5.32 Å². The predicted molar refractivity (Wildman–Crippen MR) is 207 cm³/mol. The minimum absolute atomic E-state index is 0.226. The smallest absolute Gasteiger partial charge is 0.303 e. The average molecular weight is 883 g/mol. The number of hydroxylamine groups is 1. The van der Waals surface area contributed by atoms with Crippen LogP contribution in [0.5, 0.6) is 0 Å². The summed E-state index contributed by atoms with van der Waals surface area (Å²) in [4.78, 5) is 113. The Labute approximate surface area is 357 Å². The number of benzene rings is 1. The Morgan fingerprint density at radius 1 is 0.677 bits per heavy atom. The van der Waals surface area contributed by atoms with E-state index >= 15 is 0 Å². The van der Waals surface area contributed by atoms with Gasteiger partial charge in [-0.05, 0) is 17.7 Å². The third kappa shape index (κ3) is 17.4. The second kappa shape index (κ2) is 23.7. The fourth-order valence-corrected chi connectivity index (χ4v) is 5.72. The predicted octanol–water partition coefficient (Wildman–Crippen LogP) is 0.857. The van der Waals surface area contributed by atoms with Crippen LogP contribution < -0.4 is 5.32 Å². The van der Waals surface area contributed by atoms with Crippen LogP contribution in [0.3, 0.4) is 0 Å². The van der Waals surface area contributed by atoms with Crippen molar-refractivity contribution in [1.29, 1.82) is 0 Å². The SMILES string of the molecule is CC(=O)OC[C@H]1O[C@@H](O[C@@H]([C@H](OC(C)=O)[C@@H](OC(C)=O)C(=O)NCc2ccc(/C=[N+](\[O-])C(C)(C)C)cc2)[C@@H](COC(C)=O)OC(C)=O)[C@H](OC(C)=O)[C@@H](OC(C)=O)[C@H]1OC(C)=O. The molecule has 1 aliphatic heterocycles. The standard InChI is InChI=1S/C40H54N2O20/c1-20(43)53-18-30(55-22(3)45)33(62-39-37(60-27(8)50)35(58-25(6)48)32(56-23(4)46)31(61-39)19-54-21(2)44)34(57-24(5)47)36(59-26(7)49)38(51)41-16-28-12-14-29(15-13-28)17-42(52)40(9,10)11/h12-15,17,30-37,39H,16,18-19H2,1-11H3,(H,41,51)/b42-17-/t30-,31-,32+,33-,34+,35+,36-,37-,39+/m1/s1. The van der Waals surface area contributed by atoms with Gasteiger partial charge in [-0.3, -0.25) is 43.2 Å². The maximum absolute atomic E-state index is 14.1. The topological polar surface area (TPSA) is 284 Å². The summed E-state index contributed by atoms with van der Waals surface area (Å²) in [5.41, 5.74) is 0.328. The summed E-state index contributed by atoms with van der Waals surface area (Å²) in [6, 6.07) is 6.41. The van der Waals surface area contributed by atoms with E-state index in [0.29, 0.717) is 11.1 Å². The summed E-state index contributed by atoms with van der Waals surface area (Å²) in [7, 11) is 0. The second-order valence-electron chi connectivity index (χ2n) is 14.8. The molecule has 1 amide bonds. The van der Waals surface area contributed by atoms with Crippen LogP contribution in [0.4, 0.5) is 0 Å². The van der Waals surface area contributed by atoms with Crippen LogP contribution in [0, 0.1) is 5.21 Å². The van der Waals surface area contributed by atoms with Crippen LogP contribution in [0.25, 0.3) is 0 Å². The van der Waals surface area contributed by atoms with E-state index in [9.17, 15) is 48.4 Å². The minimum atomic E-state index is -2.16. The number of hydrogen-bond acceptors (Lipinski definition) is 20. The van der Waals surface area contributed by atoms with Gasteiger partial charge < -0.3 is 57.9 Å². The zero-order valence-corrected chi connectivity index (χ0v) is 36.3. The van der Waals surface area contributed by atoms with E-state index in [1.165, 1.54) is 6.21 Å². The first kappa shape index (κ1) is 52.0. The van der Waals surface area contributed by atoms with Crippen molar-refractivity contribution >= 4 is 59.9 Å². The van der Waals surface area contributed by atoms with Crippen LogP contribution in [-0.4, -0.2) is 138 Å². The van der Waals surface area contributed by atoms with Crippen molar-refractivity contribution in [3.8, 4) is 0 Å². The van der Waals surface area contributed by atoms with Crippen molar-refractivity contribution in [2.75, 3.05) is 13.2 Å². The van der Waals surface area contributed by atoms with Crippen LogP contribution in [0.2, 0.25) is 0 Å². The van der Waals surface area contributed by atoms with Gasteiger partial charge in [-0.1, -0.05) is 12.1 Å². The largest absolute Gasteiger partial charge is 0.623 e. The Hall–Kier alpha value is -6.16. The molecule has 1 aromatic carbocycles. The molecule has 0 saturated carbocycles. The van der Waals surface area contributed by atoms with Gasteiger partial charge in [-0.2, -0.15) is 0 Å².